The molecule has 0 aliphatic rings. The number of ether oxygens (including phenoxy) is 1. The molecule has 1 nitrogen and oxygen atoms in total. The highest BCUT2D eigenvalue weighted by Gasteiger charge is 2.15. The average molecular weight is 158 g/mol. The van der Waals surface area contributed by atoms with Crippen molar-refractivity contribution < 1.29 is 4.74 Å². The Kier molecular flexibility index (Phi) is 5.57. The third-order valence-corrected chi connectivity index (χ3v) is 1.77. The minimum Gasteiger partial charge on any atom is -0.381 e. The zero-order chi connectivity index (χ0) is 8.74. The summed E-state index contributed by atoms with van der Waals surface area (Å²) in [5.74, 6) is 0. The van der Waals surface area contributed by atoms with Gasteiger partial charge in [0.15, 0.2) is 0 Å². The molecule has 0 radical (unpaired) electrons. The van der Waals surface area contributed by atoms with E-state index in [1.165, 1.54) is 12.8 Å². The largest absolute Gasteiger partial charge is 0.381 e. The van der Waals surface area contributed by atoms with Crippen LogP contribution in [-0.2, 0) is 4.74 Å². The summed E-state index contributed by atoms with van der Waals surface area (Å²) in [7, 11) is 0. The SMILES string of the molecule is CCCOCC(C)(C)CCC. The summed E-state index contributed by atoms with van der Waals surface area (Å²) < 4.78 is 5.50. The van der Waals surface area contributed by atoms with Gasteiger partial charge in [-0.05, 0) is 18.3 Å². The summed E-state index contributed by atoms with van der Waals surface area (Å²) in [6.45, 7) is 10.7. The molecular formula is C10H22O. The topological polar surface area (TPSA) is 9.23 Å². The Morgan fingerprint density at radius 1 is 1.09 bits per heavy atom. The zero-order valence-electron chi connectivity index (χ0n) is 8.44. The maximum absolute atomic E-state index is 5.50. The summed E-state index contributed by atoms with van der Waals surface area (Å²) in [4.78, 5) is 0. The van der Waals surface area contributed by atoms with Crippen LogP contribution in [0.1, 0.15) is 47.0 Å². The van der Waals surface area contributed by atoms with Gasteiger partial charge in [-0.2, -0.15) is 0 Å². The Morgan fingerprint density at radius 3 is 2.18 bits per heavy atom. The molecule has 0 spiro atoms. The molecule has 0 atom stereocenters. The van der Waals surface area contributed by atoms with Crippen molar-refractivity contribution in [3.05, 3.63) is 0 Å². The average Bonchev–Trinajstić information content (AvgIpc) is 1.87. The summed E-state index contributed by atoms with van der Waals surface area (Å²) in [5.41, 5.74) is 0.379. The van der Waals surface area contributed by atoms with E-state index in [1.54, 1.807) is 0 Å². The predicted molar refractivity (Wildman–Crippen MR) is 49.8 cm³/mol. The van der Waals surface area contributed by atoms with E-state index >= 15 is 0 Å². The lowest BCUT2D eigenvalue weighted by atomic mass is 9.89. The predicted octanol–water partition coefficient (Wildman–Crippen LogP) is 3.24. The summed E-state index contributed by atoms with van der Waals surface area (Å²) in [6, 6.07) is 0. The van der Waals surface area contributed by atoms with Gasteiger partial charge in [-0.1, -0.05) is 34.1 Å². The summed E-state index contributed by atoms with van der Waals surface area (Å²) >= 11 is 0. The van der Waals surface area contributed by atoms with Crippen molar-refractivity contribution in [2.75, 3.05) is 13.2 Å². The molecule has 0 aromatic rings. The van der Waals surface area contributed by atoms with E-state index < -0.39 is 0 Å². The Morgan fingerprint density at radius 2 is 1.73 bits per heavy atom. The lowest BCUT2D eigenvalue weighted by molar-refractivity contribution is 0.0578. The number of rotatable bonds is 6. The molecule has 68 valence electrons. The van der Waals surface area contributed by atoms with Crippen molar-refractivity contribution >= 4 is 0 Å². The van der Waals surface area contributed by atoms with E-state index in [0.717, 1.165) is 19.6 Å². The van der Waals surface area contributed by atoms with Gasteiger partial charge < -0.3 is 4.74 Å². The van der Waals surface area contributed by atoms with Crippen LogP contribution in [0.25, 0.3) is 0 Å². The second kappa shape index (κ2) is 5.59. The van der Waals surface area contributed by atoms with Crippen molar-refractivity contribution in [2.24, 2.45) is 5.41 Å². The van der Waals surface area contributed by atoms with Gasteiger partial charge in [0.2, 0.25) is 0 Å². The highest BCUT2D eigenvalue weighted by Crippen LogP contribution is 2.22. The van der Waals surface area contributed by atoms with E-state index in [2.05, 4.69) is 27.7 Å². The molecule has 0 fully saturated rings. The maximum Gasteiger partial charge on any atom is 0.0517 e. The van der Waals surface area contributed by atoms with Crippen LogP contribution in [-0.4, -0.2) is 13.2 Å². The first kappa shape index (κ1) is 11.0. The maximum atomic E-state index is 5.50. The minimum atomic E-state index is 0.379. The fourth-order valence-corrected chi connectivity index (χ4v) is 1.24. The monoisotopic (exact) mass is 158 g/mol. The van der Waals surface area contributed by atoms with Crippen molar-refractivity contribution in [1.29, 1.82) is 0 Å². The Labute approximate surface area is 71.1 Å². The fourth-order valence-electron chi connectivity index (χ4n) is 1.24. The van der Waals surface area contributed by atoms with Crippen LogP contribution < -0.4 is 0 Å². The fraction of sp³-hybridized carbons (Fsp3) is 1.00. The van der Waals surface area contributed by atoms with Crippen LogP contribution in [0.2, 0.25) is 0 Å². The first-order chi connectivity index (χ1) is 5.12. The van der Waals surface area contributed by atoms with Gasteiger partial charge >= 0.3 is 0 Å². The van der Waals surface area contributed by atoms with Gasteiger partial charge in [-0.15, -0.1) is 0 Å². The molecule has 0 aliphatic carbocycles. The van der Waals surface area contributed by atoms with Gasteiger partial charge in [-0.25, -0.2) is 0 Å². The number of hydrogen-bond donors (Lipinski definition) is 0. The Hall–Kier alpha value is -0.0400. The van der Waals surface area contributed by atoms with E-state index in [4.69, 9.17) is 4.74 Å². The molecular weight excluding hydrogens is 136 g/mol. The van der Waals surface area contributed by atoms with Crippen LogP contribution >= 0.6 is 0 Å². The molecule has 0 rings (SSSR count). The molecule has 0 aromatic heterocycles. The molecule has 0 saturated heterocycles. The third-order valence-electron chi connectivity index (χ3n) is 1.77. The molecule has 0 amide bonds. The minimum absolute atomic E-state index is 0.379. The van der Waals surface area contributed by atoms with Gasteiger partial charge in [-0.3, -0.25) is 0 Å². The molecule has 0 aromatic carbocycles. The van der Waals surface area contributed by atoms with Crippen molar-refractivity contribution in [2.45, 2.75) is 47.0 Å². The van der Waals surface area contributed by atoms with E-state index in [0.29, 0.717) is 5.41 Å². The standard InChI is InChI=1S/C10H22O/c1-5-7-10(3,4)9-11-8-6-2/h5-9H2,1-4H3. The van der Waals surface area contributed by atoms with Crippen LogP contribution in [0.3, 0.4) is 0 Å². The lowest BCUT2D eigenvalue weighted by Gasteiger charge is -2.23. The summed E-state index contributed by atoms with van der Waals surface area (Å²) in [6.07, 6.45) is 3.64. The highest BCUT2D eigenvalue weighted by atomic mass is 16.5. The third kappa shape index (κ3) is 6.36. The molecule has 0 unspecified atom stereocenters. The smallest absolute Gasteiger partial charge is 0.0517 e. The summed E-state index contributed by atoms with van der Waals surface area (Å²) in [5, 5.41) is 0. The van der Waals surface area contributed by atoms with E-state index in [1.807, 2.05) is 0 Å². The Balaban J connectivity index is 3.38. The lowest BCUT2D eigenvalue weighted by Crippen LogP contribution is -2.19. The first-order valence-corrected chi connectivity index (χ1v) is 4.70. The van der Waals surface area contributed by atoms with Gasteiger partial charge in [0.05, 0.1) is 6.61 Å². The van der Waals surface area contributed by atoms with Crippen molar-refractivity contribution in [1.82, 2.24) is 0 Å². The number of hydrogen-bond acceptors (Lipinski definition) is 1. The van der Waals surface area contributed by atoms with Gasteiger partial charge in [0.1, 0.15) is 0 Å². The first-order valence-electron chi connectivity index (χ1n) is 4.70. The molecule has 0 bridgehead atoms. The van der Waals surface area contributed by atoms with Crippen LogP contribution in [0.15, 0.2) is 0 Å². The molecule has 0 N–H and O–H groups in total. The quantitative estimate of drug-likeness (QED) is 0.539. The molecule has 0 aliphatic heterocycles. The van der Waals surface area contributed by atoms with Gasteiger partial charge in [0, 0.05) is 6.61 Å². The van der Waals surface area contributed by atoms with Crippen molar-refractivity contribution in [3.63, 3.8) is 0 Å². The molecule has 1 heteroatoms. The zero-order valence-corrected chi connectivity index (χ0v) is 8.44. The second-order valence-electron chi connectivity index (χ2n) is 3.97. The van der Waals surface area contributed by atoms with Crippen molar-refractivity contribution in [3.8, 4) is 0 Å². The van der Waals surface area contributed by atoms with Crippen LogP contribution in [0, 0.1) is 5.41 Å². The highest BCUT2D eigenvalue weighted by molar-refractivity contribution is 4.66. The van der Waals surface area contributed by atoms with Crippen LogP contribution in [0.4, 0.5) is 0 Å². The van der Waals surface area contributed by atoms with E-state index in [9.17, 15) is 0 Å². The van der Waals surface area contributed by atoms with Crippen LogP contribution in [0.5, 0.6) is 0 Å². The molecule has 0 heterocycles. The molecule has 0 saturated carbocycles. The Bertz CT molecular complexity index is 86.9. The van der Waals surface area contributed by atoms with E-state index in [-0.39, 0.29) is 0 Å². The normalized spacial score (nSPS) is 12.0. The second-order valence-corrected chi connectivity index (χ2v) is 3.97. The van der Waals surface area contributed by atoms with Gasteiger partial charge in [0.25, 0.3) is 0 Å². The molecule has 11 heavy (non-hydrogen) atoms.